The first-order valence-electron chi connectivity index (χ1n) is 15.3. The van der Waals surface area contributed by atoms with Gasteiger partial charge in [-0.25, -0.2) is 22.9 Å². The zero-order valence-electron chi connectivity index (χ0n) is 26.4. The third-order valence-corrected chi connectivity index (χ3v) is 11.7. The van der Waals surface area contributed by atoms with Crippen molar-refractivity contribution in [1.82, 2.24) is 19.1 Å². The van der Waals surface area contributed by atoms with Gasteiger partial charge in [-0.15, -0.1) is 11.3 Å². The molecule has 1 aliphatic heterocycles. The Morgan fingerprint density at radius 1 is 1.02 bits per heavy atom. The minimum atomic E-state index is -3.60. The van der Waals surface area contributed by atoms with Crippen LogP contribution in [0.5, 0.6) is 0 Å². The number of piperidine rings is 1. The maximum Gasteiger partial charge on any atom is 0.324 e. The van der Waals surface area contributed by atoms with Crippen LogP contribution in [0.15, 0.2) is 87.9 Å². The normalized spacial score (nSPS) is 14.8. The summed E-state index contributed by atoms with van der Waals surface area (Å²) in [5.41, 5.74) is 4.41. The number of aryl methyl sites for hydroxylation is 1. The predicted molar refractivity (Wildman–Crippen MR) is 181 cm³/mol. The second-order valence-electron chi connectivity index (χ2n) is 12.7. The van der Waals surface area contributed by atoms with Crippen molar-refractivity contribution >= 4 is 38.9 Å². The molecule has 3 aromatic heterocycles. The van der Waals surface area contributed by atoms with Gasteiger partial charge in [-0.05, 0) is 68.0 Å². The zero-order chi connectivity index (χ0) is 32.5. The summed E-state index contributed by atoms with van der Waals surface area (Å²) in [6.45, 7) is 9.19. The molecule has 4 heterocycles. The lowest BCUT2D eigenvalue weighted by molar-refractivity contribution is 0.261. The second-order valence-corrected chi connectivity index (χ2v) is 15.9. The number of rotatable bonds is 8. The highest BCUT2D eigenvalue weighted by atomic mass is 32.2. The topological polar surface area (TPSA) is 122 Å². The van der Waals surface area contributed by atoms with Crippen molar-refractivity contribution in [3.63, 3.8) is 0 Å². The summed E-state index contributed by atoms with van der Waals surface area (Å²) in [5.74, 6) is 1.41. The number of carbonyl (C=O) groups is 1. The Kier molecular flexibility index (Phi) is 8.86. The maximum absolute atomic E-state index is 13.4. The van der Waals surface area contributed by atoms with Crippen LogP contribution in [0, 0.1) is 12.8 Å². The number of thiophene rings is 1. The van der Waals surface area contributed by atoms with E-state index >= 15 is 0 Å². The number of benzene rings is 2. The van der Waals surface area contributed by atoms with Crippen LogP contribution >= 0.6 is 11.3 Å². The Hall–Kier alpha value is -4.26. The maximum atomic E-state index is 13.4. The third kappa shape index (κ3) is 6.93. The summed E-state index contributed by atoms with van der Waals surface area (Å²) in [6, 6.07) is 20.7. The van der Waals surface area contributed by atoms with E-state index in [0.29, 0.717) is 28.9 Å². The van der Waals surface area contributed by atoms with Crippen LogP contribution < -0.4 is 10.6 Å². The summed E-state index contributed by atoms with van der Waals surface area (Å²) in [6.07, 6.45) is 5.09. The minimum absolute atomic E-state index is 0.200. The molecule has 10 nitrogen and oxygen atoms in total. The van der Waals surface area contributed by atoms with Crippen LogP contribution in [0.2, 0.25) is 0 Å². The highest BCUT2D eigenvalue weighted by molar-refractivity contribution is 7.91. The summed E-state index contributed by atoms with van der Waals surface area (Å²) in [7, 11) is -3.60. The van der Waals surface area contributed by atoms with Gasteiger partial charge in [-0.1, -0.05) is 56.7 Å². The van der Waals surface area contributed by atoms with Gasteiger partial charge in [-0.3, -0.25) is 5.32 Å². The van der Waals surface area contributed by atoms with Gasteiger partial charge >= 0.3 is 6.03 Å². The number of nitrogens with one attached hydrogen (secondary N) is 2. The van der Waals surface area contributed by atoms with Crippen LogP contribution in [0.4, 0.5) is 16.3 Å². The van der Waals surface area contributed by atoms with Crippen molar-refractivity contribution in [3.8, 4) is 16.3 Å². The quantitative estimate of drug-likeness (QED) is 0.178. The number of urea groups is 1. The number of sulfonamides is 1. The average Bonchev–Trinajstić information content (AvgIpc) is 3.80. The van der Waals surface area contributed by atoms with Gasteiger partial charge in [0.2, 0.25) is 0 Å². The molecule has 0 bridgehead atoms. The fourth-order valence-corrected chi connectivity index (χ4v) is 8.41. The van der Waals surface area contributed by atoms with E-state index in [1.807, 2.05) is 61.5 Å². The Morgan fingerprint density at radius 3 is 2.46 bits per heavy atom. The number of oxazole rings is 1. The first-order chi connectivity index (χ1) is 22.0. The van der Waals surface area contributed by atoms with Crippen molar-refractivity contribution in [3.05, 3.63) is 96.1 Å². The van der Waals surface area contributed by atoms with Crippen molar-refractivity contribution in [2.45, 2.75) is 56.6 Å². The van der Waals surface area contributed by atoms with Gasteiger partial charge in [0, 0.05) is 30.3 Å². The number of para-hydroxylation sites is 1. The molecule has 2 N–H and O–H groups in total. The molecule has 0 unspecified atom stereocenters. The highest BCUT2D eigenvalue weighted by Gasteiger charge is 2.31. The van der Waals surface area contributed by atoms with E-state index in [0.717, 1.165) is 52.3 Å². The van der Waals surface area contributed by atoms with Crippen molar-refractivity contribution in [2.24, 2.45) is 5.92 Å². The van der Waals surface area contributed by atoms with E-state index in [-0.39, 0.29) is 17.4 Å². The number of amides is 2. The standard InChI is InChI=1S/C34H38N6O4S2/c1-23-9-11-26(12-10-23)40-31(20-30(38-40)34(2,3)4)37-33(41)36-27-8-6-5-7-25(27)19-24-15-17-39(18-16-24)46(42,43)32-14-13-29(45-32)28-21-35-22-44-28/h5-14,20-22,24H,15-19H2,1-4H3,(H2,36,37,41). The molecule has 0 radical (unpaired) electrons. The number of anilines is 2. The van der Waals surface area contributed by atoms with Crippen LogP contribution in [-0.2, 0) is 21.9 Å². The van der Waals surface area contributed by atoms with Crippen LogP contribution in [-0.4, -0.2) is 46.6 Å². The van der Waals surface area contributed by atoms with Gasteiger partial charge in [-0.2, -0.15) is 9.40 Å². The number of nitrogens with zero attached hydrogens (tertiary/aromatic N) is 4. The van der Waals surface area contributed by atoms with Crippen LogP contribution in [0.1, 0.15) is 50.4 Å². The first kappa shape index (κ1) is 31.7. The van der Waals surface area contributed by atoms with Crippen molar-refractivity contribution in [1.29, 1.82) is 0 Å². The first-order valence-corrected chi connectivity index (χ1v) is 17.6. The summed E-state index contributed by atoms with van der Waals surface area (Å²) >= 11 is 1.19. The number of carbonyl (C=O) groups excluding carboxylic acids is 1. The molecule has 240 valence electrons. The lowest BCUT2D eigenvalue weighted by Crippen LogP contribution is -2.38. The predicted octanol–water partition coefficient (Wildman–Crippen LogP) is 7.48. The van der Waals surface area contributed by atoms with Gasteiger partial charge in [0.15, 0.2) is 12.2 Å². The zero-order valence-corrected chi connectivity index (χ0v) is 28.0. The van der Waals surface area contributed by atoms with Gasteiger partial charge in [0.05, 0.1) is 22.5 Å². The molecule has 1 aliphatic rings. The Balaban J connectivity index is 1.10. The fourth-order valence-electron chi connectivity index (χ4n) is 5.53. The number of hydrogen-bond acceptors (Lipinski definition) is 7. The van der Waals surface area contributed by atoms with Crippen LogP contribution in [0.25, 0.3) is 16.3 Å². The smallest absolute Gasteiger partial charge is 0.324 e. The molecule has 1 fully saturated rings. The van der Waals surface area contributed by atoms with Gasteiger partial charge in [0.1, 0.15) is 10.0 Å². The molecule has 1 saturated heterocycles. The second kappa shape index (κ2) is 12.9. The Morgan fingerprint density at radius 2 is 1.76 bits per heavy atom. The summed E-state index contributed by atoms with van der Waals surface area (Å²) in [5, 5.41) is 10.9. The molecule has 2 amide bonds. The molecule has 0 spiro atoms. The highest BCUT2D eigenvalue weighted by Crippen LogP contribution is 2.34. The Labute approximate surface area is 273 Å². The molecule has 0 atom stereocenters. The third-order valence-electron chi connectivity index (χ3n) is 8.20. The van der Waals surface area contributed by atoms with E-state index in [2.05, 4.69) is 36.4 Å². The van der Waals surface area contributed by atoms with Crippen molar-refractivity contribution in [2.75, 3.05) is 23.7 Å². The van der Waals surface area contributed by atoms with E-state index in [1.54, 1.807) is 27.3 Å². The Bertz CT molecular complexity index is 1910. The summed E-state index contributed by atoms with van der Waals surface area (Å²) < 4.78 is 35.7. The molecule has 2 aromatic carbocycles. The molecule has 5 aromatic rings. The molecule has 12 heteroatoms. The van der Waals surface area contributed by atoms with Gasteiger partial charge < -0.3 is 9.73 Å². The van der Waals surface area contributed by atoms with Gasteiger partial charge in [0.25, 0.3) is 10.0 Å². The minimum Gasteiger partial charge on any atom is -0.443 e. The molecule has 6 rings (SSSR count). The van der Waals surface area contributed by atoms with E-state index in [1.165, 1.54) is 17.7 Å². The lowest BCUT2D eigenvalue weighted by atomic mass is 9.90. The van der Waals surface area contributed by atoms with Crippen molar-refractivity contribution < 1.29 is 17.6 Å². The van der Waals surface area contributed by atoms with Crippen LogP contribution in [0.3, 0.4) is 0 Å². The molecule has 0 saturated carbocycles. The monoisotopic (exact) mass is 658 g/mol. The molecule has 0 aliphatic carbocycles. The number of aromatic nitrogens is 3. The fraction of sp³-hybridized carbons (Fsp3) is 0.324. The molecular weight excluding hydrogens is 621 g/mol. The molecule has 46 heavy (non-hydrogen) atoms. The van der Waals surface area contributed by atoms with E-state index in [4.69, 9.17) is 9.52 Å². The largest absolute Gasteiger partial charge is 0.443 e. The average molecular weight is 659 g/mol. The number of hydrogen-bond donors (Lipinski definition) is 2. The summed E-state index contributed by atoms with van der Waals surface area (Å²) in [4.78, 5) is 18.0. The lowest BCUT2D eigenvalue weighted by Gasteiger charge is -2.31. The van der Waals surface area contributed by atoms with E-state index in [9.17, 15) is 13.2 Å². The molecular formula is C34H38N6O4S2. The van der Waals surface area contributed by atoms with E-state index < -0.39 is 10.0 Å². The SMILES string of the molecule is Cc1ccc(-n2nc(C(C)(C)C)cc2NC(=O)Nc2ccccc2CC2CCN(S(=O)(=O)c3ccc(-c4cnco4)s3)CC2)cc1.